The molecule has 3 aromatic rings. The van der Waals surface area contributed by atoms with Crippen molar-refractivity contribution in [1.82, 2.24) is 4.41 Å². The van der Waals surface area contributed by atoms with Crippen molar-refractivity contribution < 1.29 is 27.4 Å². The van der Waals surface area contributed by atoms with Crippen LogP contribution in [-0.2, 0) is 10.0 Å². The largest absolute Gasteiger partial charge is 0.497 e. The fraction of sp³-hybridized carbons (Fsp3) is 0.240. The van der Waals surface area contributed by atoms with Crippen LogP contribution in [0.1, 0.15) is 23.6 Å². The molecule has 9 heteroatoms. The smallest absolute Gasteiger partial charge is 0.279 e. The molecule has 0 aromatic heterocycles. The van der Waals surface area contributed by atoms with Crippen molar-refractivity contribution in [1.29, 1.82) is 0 Å². The van der Waals surface area contributed by atoms with Crippen LogP contribution in [0.5, 0.6) is 23.0 Å². The number of rotatable bonds is 8. The van der Waals surface area contributed by atoms with Crippen molar-refractivity contribution in [3.63, 3.8) is 0 Å². The number of hydrogen-bond acceptors (Lipinski definition) is 7. The number of hydrazone groups is 1. The Morgan fingerprint density at radius 1 is 0.824 bits per heavy atom. The van der Waals surface area contributed by atoms with Crippen LogP contribution >= 0.6 is 0 Å². The Morgan fingerprint density at radius 2 is 1.56 bits per heavy atom. The maximum Gasteiger partial charge on any atom is 0.279 e. The summed E-state index contributed by atoms with van der Waals surface area (Å²) in [5.74, 6) is 2.13. The standard InChI is InChI=1S/C25H26N2O6S/c1-30-17-13-14-19(24(15-17)32-3)21-16-22(20-11-8-12-23(31-2)25(20)33-4)27(26-21)34(28,29)18-9-6-5-7-10-18/h5-15,22H,16H2,1-4H3. The van der Waals surface area contributed by atoms with E-state index < -0.39 is 16.1 Å². The zero-order valence-electron chi connectivity index (χ0n) is 19.4. The van der Waals surface area contributed by atoms with Gasteiger partial charge in [0.25, 0.3) is 10.0 Å². The predicted octanol–water partition coefficient (Wildman–Crippen LogP) is 4.26. The first-order chi connectivity index (χ1) is 16.4. The van der Waals surface area contributed by atoms with Gasteiger partial charge in [0.1, 0.15) is 11.5 Å². The molecular weight excluding hydrogens is 456 g/mol. The number of nitrogens with zero attached hydrogens (tertiary/aromatic N) is 2. The lowest BCUT2D eigenvalue weighted by Crippen LogP contribution is -2.27. The van der Waals surface area contributed by atoms with E-state index >= 15 is 0 Å². The molecule has 0 saturated heterocycles. The molecule has 1 unspecified atom stereocenters. The third kappa shape index (κ3) is 4.14. The van der Waals surface area contributed by atoms with Crippen molar-refractivity contribution in [2.75, 3.05) is 28.4 Å². The summed E-state index contributed by atoms with van der Waals surface area (Å²) in [5.41, 5.74) is 1.89. The van der Waals surface area contributed by atoms with E-state index in [1.54, 1.807) is 75.9 Å². The summed E-state index contributed by atoms with van der Waals surface area (Å²) >= 11 is 0. The summed E-state index contributed by atoms with van der Waals surface area (Å²) in [6.45, 7) is 0. The molecule has 0 fully saturated rings. The molecule has 1 aliphatic rings. The molecular formula is C25H26N2O6S. The van der Waals surface area contributed by atoms with Gasteiger partial charge in [-0.3, -0.25) is 0 Å². The SMILES string of the molecule is COc1ccc(C2=NN(S(=O)(=O)c3ccccc3)C(c3cccc(OC)c3OC)C2)c(OC)c1. The Hall–Kier alpha value is -3.72. The molecule has 0 aliphatic carbocycles. The normalized spacial score (nSPS) is 15.6. The van der Waals surface area contributed by atoms with Gasteiger partial charge in [-0.25, -0.2) is 0 Å². The number of benzene rings is 3. The zero-order valence-corrected chi connectivity index (χ0v) is 20.2. The average molecular weight is 483 g/mol. The zero-order chi connectivity index (χ0) is 24.3. The molecule has 0 saturated carbocycles. The predicted molar refractivity (Wildman–Crippen MR) is 128 cm³/mol. The van der Waals surface area contributed by atoms with E-state index in [0.717, 1.165) is 4.41 Å². The first-order valence-electron chi connectivity index (χ1n) is 10.5. The molecule has 4 rings (SSSR count). The highest BCUT2D eigenvalue weighted by molar-refractivity contribution is 7.89. The van der Waals surface area contributed by atoms with Crippen LogP contribution in [0.15, 0.2) is 76.7 Å². The second kappa shape index (κ2) is 9.64. The summed E-state index contributed by atoms with van der Waals surface area (Å²) < 4.78 is 50.5. The lowest BCUT2D eigenvalue weighted by atomic mass is 9.97. The number of hydrogen-bond donors (Lipinski definition) is 0. The fourth-order valence-electron chi connectivity index (χ4n) is 4.02. The molecule has 1 atom stereocenters. The molecule has 0 N–H and O–H groups in total. The summed E-state index contributed by atoms with van der Waals surface area (Å²) in [7, 11) is 2.22. The maximum absolute atomic E-state index is 13.7. The van der Waals surface area contributed by atoms with Crippen molar-refractivity contribution in [2.24, 2.45) is 5.10 Å². The quantitative estimate of drug-likeness (QED) is 0.477. The Balaban J connectivity index is 1.88. The fourth-order valence-corrected chi connectivity index (χ4v) is 5.46. The van der Waals surface area contributed by atoms with Crippen molar-refractivity contribution in [3.05, 3.63) is 77.9 Å². The molecule has 1 aliphatic heterocycles. The van der Waals surface area contributed by atoms with E-state index in [4.69, 9.17) is 18.9 Å². The first kappa shape index (κ1) is 23.4. The van der Waals surface area contributed by atoms with E-state index in [-0.39, 0.29) is 4.90 Å². The van der Waals surface area contributed by atoms with E-state index in [9.17, 15) is 8.42 Å². The van der Waals surface area contributed by atoms with Crippen LogP contribution in [0.3, 0.4) is 0 Å². The summed E-state index contributed by atoms with van der Waals surface area (Å²) in [6.07, 6.45) is 0.304. The highest BCUT2D eigenvalue weighted by Crippen LogP contribution is 2.44. The monoisotopic (exact) mass is 482 g/mol. The molecule has 178 valence electrons. The van der Waals surface area contributed by atoms with Crippen LogP contribution in [0.2, 0.25) is 0 Å². The van der Waals surface area contributed by atoms with E-state index in [1.165, 1.54) is 7.11 Å². The maximum atomic E-state index is 13.7. The average Bonchev–Trinajstić information content (AvgIpc) is 3.34. The Kier molecular flexibility index (Phi) is 6.65. The summed E-state index contributed by atoms with van der Waals surface area (Å²) in [5, 5.41) is 4.60. The van der Waals surface area contributed by atoms with Crippen molar-refractivity contribution >= 4 is 15.7 Å². The second-order valence-electron chi connectivity index (χ2n) is 7.51. The van der Waals surface area contributed by atoms with Crippen LogP contribution in [0, 0.1) is 0 Å². The minimum atomic E-state index is -3.97. The lowest BCUT2D eigenvalue weighted by Gasteiger charge is -2.25. The second-order valence-corrected chi connectivity index (χ2v) is 9.30. The van der Waals surface area contributed by atoms with E-state index in [0.29, 0.717) is 46.3 Å². The Morgan fingerprint density at radius 3 is 2.21 bits per heavy atom. The van der Waals surface area contributed by atoms with Gasteiger partial charge in [-0.2, -0.15) is 17.9 Å². The third-order valence-electron chi connectivity index (χ3n) is 5.67. The van der Waals surface area contributed by atoms with Gasteiger partial charge in [-0.1, -0.05) is 30.3 Å². The van der Waals surface area contributed by atoms with Gasteiger partial charge in [-0.05, 0) is 30.3 Å². The Bertz CT molecular complexity index is 1310. The minimum Gasteiger partial charge on any atom is -0.497 e. The molecule has 1 heterocycles. The molecule has 0 amide bonds. The number of para-hydroxylation sites is 1. The van der Waals surface area contributed by atoms with E-state index in [2.05, 4.69) is 5.10 Å². The highest BCUT2D eigenvalue weighted by Gasteiger charge is 2.40. The minimum absolute atomic E-state index is 0.147. The molecule has 8 nitrogen and oxygen atoms in total. The van der Waals surface area contributed by atoms with Gasteiger partial charge in [0.2, 0.25) is 0 Å². The van der Waals surface area contributed by atoms with Crippen molar-refractivity contribution in [2.45, 2.75) is 17.4 Å². The molecule has 0 bridgehead atoms. The van der Waals surface area contributed by atoms with Crippen LogP contribution in [0.25, 0.3) is 0 Å². The van der Waals surface area contributed by atoms with Crippen molar-refractivity contribution in [3.8, 4) is 23.0 Å². The number of methoxy groups -OCH3 is 4. The number of ether oxygens (including phenoxy) is 4. The van der Waals surface area contributed by atoms with Gasteiger partial charge < -0.3 is 18.9 Å². The van der Waals surface area contributed by atoms with Gasteiger partial charge in [0, 0.05) is 23.6 Å². The van der Waals surface area contributed by atoms with Crippen LogP contribution in [0.4, 0.5) is 0 Å². The number of sulfonamides is 1. The summed E-state index contributed by atoms with van der Waals surface area (Å²) in [4.78, 5) is 0.147. The van der Waals surface area contributed by atoms with Gasteiger partial charge in [0.15, 0.2) is 11.5 Å². The van der Waals surface area contributed by atoms with Gasteiger partial charge in [-0.15, -0.1) is 0 Å². The van der Waals surface area contributed by atoms with Crippen LogP contribution < -0.4 is 18.9 Å². The summed E-state index contributed by atoms with van der Waals surface area (Å²) in [6, 6.07) is 18.3. The molecule has 34 heavy (non-hydrogen) atoms. The van der Waals surface area contributed by atoms with Crippen LogP contribution in [-0.4, -0.2) is 47.0 Å². The van der Waals surface area contributed by atoms with Gasteiger partial charge in [0.05, 0.1) is 45.1 Å². The topological polar surface area (TPSA) is 86.7 Å². The molecule has 3 aromatic carbocycles. The first-order valence-corrected chi connectivity index (χ1v) is 12.0. The lowest BCUT2D eigenvalue weighted by molar-refractivity contribution is 0.328. The molecule has 0 radical (unpaired) electrons. The third-order valence-corrected chi connectivity index (χ3v) is 7.37. The van der Waals surface area contributed by atoms with Gasteiger partial charge >= 0.3 is 0 Å². The Labute approximate surface area is 199 Å². The highest BCUT2D eigenvalue weighted by atomic mass is 32.2. The van der Waals surface area contributed by atoms with E-state index in [1.807, 2.05) is 12.1 Å². The molecule has 0 spiro atoms.